The Labute approximate surface area is 190 Å². The van der Waals surface area contributed by atoms with E-state index >= 15 is 0 Å². The number of aromatic nitrogens is 4. The monoisotopic (exact) mass is 450 g/mol. The zero-order chi connectivity index (χ0) is 21.6. The maximum absolute atomic E-state index is 13.3. The molecule has 0 radical (unpaired) electrons. The predicted octanol–water partition coefficient (Wildman–Crippen LogP) is 5.51. The van der Waals surface area contributed by atoms with E-state index in [9.17, 15) is 4.79 Å². The van der Waals surface area contributed by atoms with Crippen LogP contribution in [-0.4, -0.2) is 26.4 Å². The first-order chi connectivity index (χ1) is 15.0. The number of H-pyrrole nitrogens is 1. The third-order valence-corrected chi connectivity index (χ3v) is 7.55. The number of aromatic amines is 1. The number of carbonyl (C=O) groups is 1. The fraction of sp³-hybridized carbons (Fsp3) is 0.333. The molecule has 5 rings (SSSR count). The minimum Gasteiger partial charge on any atom is -0.293 e. The van der Waals surface area contributed by atoms with Crippen molar-refractivity contribution in [3.8, 4) is 23.2 Å². The molecule has 156 valence electrons. The van der Waals surface area contributed by atoms with Crippen LogP contribution in [0.1, 0.15) is 59.7 Å². The van der Waals surface area contributed by atoms with E-state index in [0.717, 1.165) is 29.5 Å². The Balaban J connectivity index is 1.45. The summed E-state index contributed by atoms with van der Waals surface area (Å²) in [6.45, 7) is 2.09. The smallest absolute Gasteiger partial charge is 0.204 e. The van der Waals surface area contributed by atoms with Gasteiger partial charge in [0, 0.05) is 27.7 Å². The molecule has 2 aliphatic carbocycles. The molecule has 1 saturated carbocycles. The molecule has 31 heavy (non-hydrogen) atoms. The van der Waals surface area contributed by atoms with Gasteiger partial charge in [-0.05, 0) is 66.3 Å². The van der Waals surface area contributed by atoms with Crippen molar-refractivity contribution in [3.05, 3.63) is 62.6 Å². The van der Waals surface area contributed by atoms with Crippen LogP contribution < -0.4 is 0 Å². The molecule has 0 spiro atoms. The zero-order valence-corrected chi connectivity index (χ0v) is 18.5. The molecule has 7 heteroatoms. The number of rotatable bonds is 2. The highest BCUT2D eigenvalue weighted by Crippen LogP contribution is 2.51. The van der Waals surface area contributed by atoms with Crippen molar-refractivity contribution in [2.24, 2.45) is 11.3 Å². The van der Waals surface area contributed by atoms with E-state index in [4.69, 9.17) is 23.2 Å². The zero-order valence-electron chi connectivity index (χ0n) is 17.0. The van der Waals surface area contributed by atoms with Gasteiger partial charge in [0.05, 0.1) is 10.0 Å². The lowest BCUT2D eigenvalue weighted by Gasteiger charge is -2.29. The lowest BCUT2D eigenvalue weighted by molar-refractivity contribution is 0.0744. The van der Waals surface area contributed by atoms with Crippen LogP contribution in [0, 0.1) is 23.2 Å². The quantitative estimate of drug-likeness (QED) is 0.522. The summed E-state index contributed by atoms with van der Waals surface area (Å²) in [4.78, 5) is 13.3. The van der Waals surface area contributed by atoms with Crippen LogP contribution >= 0.6 is 23.2 Å². The van der Waals surface area contributed by atoms with Gasteiger partial charge in [0.15, 0.2) is 5.78 Å². The second-order valence-electron chi connectivity index (χ2n) is 8.55. The molecule has 3 aromatic rings. The van der Waals surface area contributed by atoms with Crippen LogP contribution in [0.4, 0.5) is 0 Å². The summed E-state index contributed by atoms with van der Waals surface area (Å²) in [5, 5.41) is 14.6. The lowest BCUT2D eigenvalue weighted by Crippen LogP contribution is -2.32. The first-order valence-electron chi connectivity index (χ1n) is 10.4. The summed E-state index contributed by atoms with van der Waals surface area (Å²) in [6, 6.07) is 9.50. The number of hydrogen-bond acceptors (Lipinski definition) is 4. The Morgan fingerprint density at radius 2 is 1.84 bits per heavy atom. The minimum atomic E-state index is -0.386. The number of tetrazole rings is 1. The number of nitrogens with zero attached hydrogens (tertiary/aromatic N) is 3. The van der Waals surface area contributed by atoms with Crippen molar-refractivity contribution in [3.63, 3.8) is 0 Å². The first kappa shape index (κ1) is 20.2. The van der Waals surface area contributed by atoms with Crippen LogP contribution in [0.3, 0.4) is 0 Å². The molecule has 0 bridgehead atoms. The molecule has 1 unspecified atom stereocenters. The topological polar surface area (TPSA) is 71.5 Å². The predicted molar refractivity (Wildman–Crippen MR) is 120 cm³/mol. The highest BCUT2D eigenvalue weighted by atomic mass is 35.5. The lowest BCUT2D eigenvalue weighted by atomic mass is 9.73. The van der Waals surface area contributed by atoms with Gasteiger partial charge in [-0.15, -0.1) is 10.2 Å². The molecule has 1 N–H and O–H groups in total. The van der Waals surface area contributed by atoms with Gasteiger partial charge in [0.2, 0.25) is 5.82 Å². The van der Waals surface area contributed by atoms with Gasteiger partial charge in [-0.3, -0.25) is 4.79 Å². The molecule has 1 atom stereocenters. The maximum Gasteiger partial charge on any atom is 0.204 e. The average molecular weight is 451 g/mol. The van der Waals surface area contributed by atoms with Gasteiger partial charge in [0.1, 0.15) is 0 Å². The van der Waals surface area contributed by atoms with Gasteiger partial charge >= 0.3 is 0 Å². The molecule has 0 amide bonds. The number of carbonyl (C=O) groups excluding carboxylic acids is 1. The molecular weight excluding hydrogens is 431 g/mol. The number of halogens is 2. The van der Waals surface area contributed by atoms with Gasteiger partial charge < -0.3 is 0 Å². The van der Waals surface area contributed by atoms with E-state index in [0.29, 0.717) is 39.3 Å². The van der Waals surface area contributed by atoms with E-state index in [1.807, 2.05) is 30.3 Å². The molecule has 1 aromatic heterocycles. The van der Waals surface area contributed by atoms with E-state index in [1.54, 1.807) is 0 Å². The van der Waals surface area contributed by atoms with E-state index < -0.39 is 0 Å². The molecule has 5 nitrogen and oxygen atoms in total. The summed E-state index contributed by atoms with van der Waals surface area (Å²) in [6.07, 6.45) is 5.31. The summed E-state index contributed by atoms with van der Waals surface area (Å²) in [5.41, 5.74) is 3.50. The Bertz CT molecular complexity index is 1220. The van der Waals surface area contributed by atoms with Gasteiger partial charge in [-0.2, -0.15) is 5.21 Å². The van der Waals surface area contributed by atoms with Gasteiger partial charge in [0.25, 0.3) is 0 Å². The second-order valence-corrected chi connectivity index (χ2v) is 9.31. The number of fused-ring (bicyclic) bond motifs is 1. The van der Waals surface area contributed by atoms with Crippen LogP contribution in [0.5, 0.6) is 0 Å². The molecule has 0 saturated heterocycles. The number of Topliss-reactive ketones (excluding diaryl/α,β-unsaturated/α-hetero) is 1. The number of nitrogens with one attached hydrogen (secondary N) is 1. The van der Waals surface area contributed by atoms with Crippen molar-refractivity contribution < 1.29 is 4.79 Å². The van der Waals surface area contributed by atoms with Crippen LogP contribution in [0.25, 0.3) is 11.4 Å². The highest BCUT2D eigenvalue weighted by molar-refractivity contribution is 6.45. The minimum absolute atomic E-state index is 0.137. The van der Waals surface area contributed by atoms with Gasteiger partial charge in [-0.1, -0.05) is 54.8 Å². The largest absolute Gasteiger partial charge is 0.293 e. The first-order valence-corrected chi connectivity index (χ1v) is 11.1. The van der Waals surface area contributed by atoms with Crippen molar-refractivity contribution >= 4 is 29.0 Å². The highest BCUT2D eigenvalue weighted by Gasteiger charge is 2.49. The van der Waals surface area contributed by atoms with Crippen LogP contribution in [-0.2, 0) is 6.42 Å². The van der Waals surface area contributed by atoms with Crippen molar-refractivity contribution in [1.82, 2.24) is 20.6 Å². The van der Waals surface area contributed by atoms with E-state index in [1.165, 1.54) is 12.8 Å². The summed E-state index contributed by atoms with van der Waals surface area (Å²) < 4.78 is 0. The summed E-state index contributed by atoms with van der Waals surface area (Å²) in [7, 11) is 0. The Morgan fingerprint density at radius 3 is 2.52 bits per heavy atom. The van der Waals surface area contributed by atoms with Crippen molar-refractivity contribution in [1.29, 1.82) is 0 Å². The average Bonchev–Trinajstić information content (AvgIpc) is 3.53. The molecule has 1 fully saturated rings. The third-order valence-electron chi connectivity index (χ3n) is 6.68. The Morgan fingerprint density at radius 1 is 1.10 bits per heavy atom. The Hall–Kier alpha value is -2.68. The molecule has 2 aromatic carbocycles. The van der Waals surface area contributed by atoms with Crippen molar-refractivity contribution in [2.75, 3.05) is 0 Å². The fourth-order valence-corrected chi connectivity index (χ4v) is 5.44. The van der Waals surface area contributed by atoms with Crippen molar-refractivity contribution in [2.45, 2.75) is 39.0 Å². The van der Waals surface area contributed by atoms with E-state index in [2.05, 4.69) is 39.4 Å². The Kier molecular flexibility index (Phi) is 5.08. The van der Waals surface area contributed by atoms with Crippen LogP contribution in [0.2, 0.25) is 10.0 Å². The standard InChI is InChI=1S/C24H20Cl2N4O/c1-24(18-4-2-3-5-18)13-17-12-16(20(25)21(26)19(17)22(24)31)11-8-14-6-9-15(10-7-14)23-27-29-30-28-23/h6-7,9-10,12,18H,2-5,13H2,1H3,(H,27,28,29,30). The van der Waals surface area contributed by atoms with Crippen LogP contribution in [0.15, 0.2) is 30.3 Å². The summed E-state index contributed by atoms with van der Waals surface area (Å²) >= 11 is 13.1. The molecular formula is C24H20Cl2N4O. The third kappa shape index (κ3) is 3.44. The van der Waals surface area contributed by atoms with Gasteiger partial charge in [-0.25, -0.2) is 0 Å². The number of ketones is 1. The molecule has 1 heterocycles. The molecule has 0 aliphatic heterocycles. The SMILES string of the molecule is CC1(C2CCCC2)Cc2cc(C#Cc3ccc(-c4nn[nH]n4)cc3)c(Cl)c(Cl)c2C1=O. The normalized spacial score (nSPS) is 20.5. The van der Waals surface area contributed by atoms with E-state index in [-0.39, 0.29) is 11.2 Å². The second kappa shape index (κ2) is 7.78. The maximum atomic E-state index is 13.3. The number of hydrogen-bond donors (Lipinski definition) is 1. The summed E-state index contributed by atoms with van der Waals surface area (Å²) in [5.74, 6) is 7.35. The number of benzene rings is 2. The molecule has 2 aliphatic rings. The fourth-order valence-electron chi connectivity index (χ4n) is 4.93.